The van der Waals surface area contributed by atoms with Crippen LogP contribution in [-0.4, -0.2) is 25.5 Å². The van der Waals surface area contributed by atoms with Crippen LogP contribution in [-0.2, 0) is 10.0 Å². The lowest BCUT2D eigenvalue weighted by Gasteiger charge is -2.23. The fraction of sp³-hybridized carbons (Fsp3) is 0.500. The Morgan fingerprint density at radius 2 is 2.17 bits per heavy atom. The van der Waals surface area contributed by atoms with E-state index in [2.05, 4.69) is 11.6 Å². The minimum atomic E-state index is -3.50. The molecule has 0 amide bonds. The van der Waals surface area contributed by atoms with Gasteiger partial charge in [-0.3, -0.25) is 0 Å². The smallest absolute Gasteiger partial charge is 0.242 e. The molecule has 0 aliphatic carbocycles. The molecule has 4 nitrogen and oxygen atoms in total. The molecule has 1 unspecified atom stereocenters. The number of benzene rings is 1. The van der Waals surface area contributed by atoms with Gasteiger partial charge in [-0.05, 0) is 37.7 Å². The van der Waals surface area contributed by atoms with E-state index in [1.54, 1.807) is 18.2 Å². The molecule has 1 aromatic rings. The molecule has 1 heterocycles. The molecule has 2 rings (SSSR count). The Morgan fingerprint density at radius 1 is 1.44 bits per heavy atom. The molecule has 6 heteroatoms. The van der Waals surface area contributed by atoms with Crippen LogP contribution in [0.25, 0.3) is 0 Å². The van der Waals surface area contributed by atoms with E-state index in [4.69, 9.17) is 5.73 Å². The zero-order valence-electron chi connectivity index (χ0n) is 10.3. The summed E-state index contributed by atoms with van der Waals surface area (Å²) in [7, 11) is -3.50. The fourth-order valence-corrected chi connectivity index (χ4v) is 4.66. The van der Waals surface area contributed by atoms with Crippen molar-refractivity contribution in [2.45, 2.75) is 29.4 Å². The molecule has 0 bridgehead atoms. The number of nitrogens with two attached hydrogens (primary N) is 1. The molecular formula is C12H18N2O2S2. The Morgan fingerprint density at radius 3 is 2.78 bits per heavy atom. The van der Waals surface area contributed by atoms with Crippen LogP contribution in [0.15, 0.2) is 29.2 Å². The van der Waals surface area contributed by atoms with Gasteiger partial charge in [0.15, 0.2) is 0 Å². The molecule has 0 saturated carbocycles. The molecule has 1 aliphatic rings. The standard InChI is InChI=1S/C12H18N2O2S2/c1-12(7-4-8-17-12)9-14-18(15,16)11-6-3-2-5-10(11)13/h2-3,5-6,14H,4,7-9,13H2,1H3. The molecule has 0 radical (unpaired) electrons. The number of sulfonamides is 1. The Bertz CT molecular complexity index is 523. The largest absolute Gasteiger partial charge is 0.398 e. The number of nitrogens with one attached hydrogen (secondary N) is 1. The van der Waals surface area contributed by atoms with Gasteiger partial charge in [0.05, 0.1) is 5.69 Å². The van der Waals surface area contributed by atoms with E-state index in [-0.39, 0.29) is 15.3 Å². The summed E-state index contributed by atoms with van der Waals surface area (Å²) in [5, 5.41) is 0. The van der Waals surface area contributed by atoms with Crippen molar-refractivity contribution >= 4 is 27.5 Å². The molecule has 0 aromatic heterocycles. The van der Waals surface area contributed by atoms with Crippen LogP contribution in [0.4, 0.5) is 5.69 Å². The molecule has 1 saturated heterocycles. The predicted octanol–water partition coefficient (Wildman–Crippen LogP) is 1.83. The Hall–Kier alpha value is -0.720. The first kappa shape index (κ1) is 13.7. The monoisotopic (exact) mass is 286 g/mol. The molecule has 1 aromatic carbocycles. The normalized spacial score (nSPS) is 24.3. The zero-order chi connectivity index (χ0) is 13.2. The fourth-order valence-electron chi connectivity index (χ4n) is 2.03. The van der Waals surface area contributed by atoms with Gasteiger partial charge in [0.2, 0.25) is 10.0 Å². The number of hydrogen-bond acceptors (Lipinski definition) is 4. The quantitative estimate of drug-likeness (QED) is 0.828. The minimum absolute atomic E-state index is 0.0105. The van der Waals surface area contributed by atoms with Gasteiger partial charge in [-0.25, -0.2) is 13.1 Å². The van der Waals surface area contributed by atoms with Crippen LogP contribution in [0.1, 0.15) is 19.8 Å². The highest BCUT2D eigenvalue weighted by Gasteiger charge is 2.31. The third kappa shape index (κ3) is 2.99. The molecule has 100 valence electrons. The van der Waals surface area contributed by atoms with Gasteiger partial charge < -0.3 is 5.73 Å². The first-order valence-electron chi connectivity index (χ1n) is 5.91. The highest BCUT2D eigenvalue weighted by atomic mass is 32.2. The number of hydrogen-bond donors (Lipinski definition) is 2. The first-order chi connectivity index (χ1) is 8.43. The summed E-state index contributed by atoms with van der Waals surface area (Å²) in [4.78, 5) is 0.164. The maximum atomic E-state index is 12.2. The van der Waals surface area contributed by atoms with Gasteiger partial charge in [-0.15, -0.1) is 0 Å². The average molecular weight is 286 g/mol. The van der Waals surface area contributed by atoms with Crippen molar-refractivity contribution in [2.75, 3.05) is 18.0 Å². The van der Waals surface area contributed by atoms with Gasteiger partial charge in [0.25, 0.3) is 0 Å². The summed E-state index contributed by atoms with van der Waals surface area (Å²) in [6, 6.07) is 6.53. The molecular weight excluding hydrogens is 268 g/mol. The third-order valence-corrected chi connectivity index (χ3v) is 6.16. The van der Waals surface area contributed by atoms with E-state index < -0.39 is 10.0 Å². The molecule has 18 heavy (non-hydrogen) atoms. The van der Waals surface area contributed by atoms with E-state index >= 15 is 0 Å². The maximum Gasteiger partial charge on any atom is 0.242 e. The zero-order valence-corrected chi connectivity index (χ0v) is 12.0. The highest BCUT2D eigenvalue weighted by Crippen LogP contribution is 2.37. The predicted molar refractivity (Wildman–Crippen MR) is 76.1 cm³/mol. The van der Waals surface area contributed by atoms with Crippen LogP contribution < -0.4 is 10.5 Å². The summed E-state index contributed by atoms with van der Waals surface area (Å²) in [5.41, 5.74) is 5.99. The molecule has 1 aliphatic heterocycles. The number of anilines is 1. The lowest BCUT2D eigenvalue weighted by Crippen LogP contribution is -2.36. The molecule has 3 N–H and O–H groups in total. The van der Waals surface area contributed by atoms with E-state index in [0.717, 1.165) is 18.6 Å². The van der Waals surface area contributed by atoms with Crippen molar-refractivity contribution in [3.8, 4) is 0 Å². The van der Waals surface area contributed by atoms with E-state index in [0.29, 0.717) is 6.54 Å². The second-order valence-corrected chi connectivity index (χ2v) is 8.18. The topological polar surface area (TPSA) is 72.2 Å². The summed E-state index contributed by atoms with van der Waals surface area (Å²) in [5.74, 6) is 1.10. The lowest BCUT2D eigenvalue weighted by molar-refractivity contribution is 0.553. The number of para-hydroxylation sites is 1. The van der Waals surface area contributed by atoms with E-state index in [1.807, 2.05) is 11.8 Å². The Kier molecular flexibility index (Phi) is 3.89. The van der Waals surface area contributed by atoms with Gasteiger partial charge in [0, 0.05) is 11.3 Å². The van der Waals surface area contributed by atoms with E-state index in [9.17, 15) is 8.42 Å². The second kappa shape index (κ2) is 5.11. The number of nitrogen functional groups attached to an aromatic ring is 1. The van der Waals surface area contributed by atoms with Crippen LogP contribution in [0.5, 0.6) is 0 Å². The van der Waals surface area contributed by atoms with Crippen molar-refractivity contribution in [1.82, 2.24) is 4.72 Å². The second-order valence-electron chi connectivity index (χ2n) is 4.76. The summed E-state index contributed by atoms with van der Waals surface area (Å²) in [6.45, 7) is 2.55. The summed E-state index contributed by atoms with van der Waals surface area (Å²) >= 11 is 1.83. The lowest BCUT2D eigenvalue weighted by atomic mass is 10.1. The van der Waals surface area contributed by atoms with Gasteiger partial charge >= 0.3 is 0 Å². The SMILES string of the molecule is CC1(CNS(=O)(=O)c2ccccc2N)CCCS1. The highest BCUT2D eigenvalue weighted by molar-refractivity contribution is 8.01. The number of thioether (sulfide) groups is 1. The number of rotatable bonds is 4. The van der Waals surface area contributed by atoms with Gasteiger partial charge in [-0.1, -0.05) is 12.1 Å². The average Bonchev–Trinajstić information content (AvgIpc) is 2.75. The molecule has 1 fully saturated rings. The maximum absolute atomic E-state index is 12.2. The van der Waals surface area contributed by atoms with Crippen molar-refractivity contribution in [3.63, 3.8) is 0 Å². The minimum Gasteiger partial charge on any atom is -0.398 e. The van der Waals surface area contributed by atoms with Crippen LogP contribution in [0.2, 0.25) is 0 Å². The summed E-state index contributed by atoms with van der Waals surface area (Å²) in [6.07, 6.45) is 2.20. The third-order valence-electron chi connectivity index (χ3n) is 3.15. The van der Waals surface area contributed by atoms with Crippen LogP contribution in [0, 0.1) is 0 Å². The van der Waals surface area contributed by atoms with Crippen molar-refractivity contribution in [1.29, 1.82) is 0 Å². The van der Waals surface area contributed by atoms with Crippen LogP contribution in [0.3, 0.4) is 0 Å². The van der Waals surface area contributed by atoms with Crippen molar-refractivity contribution in [2.24, 2.45) is 0 Å². The Labute approximate surface area is 112 Å². The van der Waals surface area contributed by atoms with Crippen molar-refractivity contribution < 1.29 is 8.42 Å². The first-order valence-corrected chi connectivity index (χ1v) is 8.38. The van der Waals surface area contributed by atoms with E-state index in [1.165, 1.54) is 6.07 Å². The molecule has 0 spiro atoms. The summed E-state index contributed by atoms with van der Waals surface area (Å²) < 4.78 is 27.0. The van der Waals surface area contributed by atoms with Gasteiger partial charge in [0.1, 0.15) is 4.90 Å². The molecule has 1 atom stereocenters. The van der Waals surface area contributed by atoms with Crippen molar-refractivity contribution in [3.05, 3.63) is 24.3 Å². The van der Waals surface area contributed by atoms with Gasteiger partial charge in [-0.2, -0.15) is 11.8 Å². The Balaban J connectivity index is 2.11. The van der Waals surface area contributed by atoms with Crippen LogP contribution >= 0.6 is 11.8 Å².